The van der Waals surface area contributed by atoms with Crippen molar-refractivity contribution in [3.63, 3.8) is 0 Å². The second-order valence-corrected chi connectivity index (χ2v) is 3.45. The van der Waals surface area contributed by atoms with Gasteiger partial charge in [-0.15, -0.1) is 0 Å². The molecule has 0 unspecified atom stereocenters. The number of hydrogen-bond acceptors (Lipinski definition) is 0. The van der Waals surface area contributed by atoms with Gasteiger partial charge in [-0.25, -0.2) is 0 Å². The molecule has 0 saturated carbocycles. The number of rotatable bonds is 6. The van der Waals surface area contributed by atoms with Gasteiger partial charge in [0.15, 0.2) is 0 Å². The normalized spacial score (nSPS) is 10.2. The number of H-pyrrole nitrogens is 1. The van der Waals surface area contributed by atoms with Crippen LogP contribution in [-0.2, 0) is 6.42 Å². The van der Waals surface area contributed by atoms with E-state index in [1.54, 1.807) is 0 Å². The molecule has 0 saturated heterocycles. The zero-order valence-corrected chi connectivity index (χ0v) is 8.47. The van der Waals surface area contributed by atoms with E-state index in [4.69, 9.17) is 0 Å². The molecule has 0 amide bonds. The zero-order valence-electron chi connectivity index (χ0n) is 8.47. The smallest absolute Gasteiger partial charge is 0.0376 e. The number of nitrogens with one attached hydrogen (secondary N) is 1. The van der Waals surface area contributed by atoms with E-state index in [0.717, 1.165) is 5.69 Å². The molecule has 1 aromatic rings. The summed E-state index contributed by atoms with van der Waals surface area (Å²) in [5.74, 6) is 0. The highest BCUT2D eigenvalue weighted by Gasteiger charge is 1.95. The van der Waals surface area contributed by atoms with Crippen LogP contribution < -0.4 is 0 Å². The number of aromatic nitrogens is 1. The quantitative estimate of drug-likeness (QED) is 0.636. The van der Waals surface area contributed by atoms with Gasteiger partial charge in [-0.3, -0.25) is 0 Å². The average molecular weight is 177 g/mol. The lowest BCUT2D eigenvalue weighted by Crippen LogP contribution is -1.85. The summed E-state index contributed by atoms with van der Waals surface area (Å²) in [7, 11) is 0. The van der Waals surface area contributed by atoms with Crippen molar-refractivity contribution < 1.29 is 0 Å². The van der Waals surface area contributed by atoms with Crippen molar-refractivity contribution in [2.75, 3.05) is 0 Å². The molecule has 1 heteroatoms. The molecule has 1 N–H and O–H groups in total. The summed E-state index contributed by atoms with van der Waals surface area (Å²) in [6, 6.07) is 4.24. The monoisotopic (exact) mass is 177 g/mol. The van der Waals surface area contributed by atoms with Crippen molar-refractivity contribution in [2.24, 2.45) is 0 Å². The second-order valence-electron chi connectivity index (χ2n) is 3.45. The second kappa shape index (κ2) is 5.63. The van der Waals surface area contributed by atoms with Crippen LogP contribution >= 0.6 is 0 Å². The third-order valence-corrected chi connectivity index (χ3v) is 2.29. The molecule has 1 aromatic heterocycles. The lowest BCUT2D eigenvalue weighted by atomic mass is 10.1. The number of aromatic amines is 1. The standard InChI is InChI=1S/C12H19N/c1-3-5-6-7-8-12-10-9-11(4-2)13-12/h4,9-10,13H,2-3,5-8H2,1H3. The van der Waals surface area contributed by atoms with Crippen LogP contribution in [0.5, 0.6) is 0 Å². The van der Waals surface area contributed by atoms with Crippen LogP contribution in [-0.4, -0.2) is 4.98 Å². The van der Waals surface area contributed by atoms with E-state index in [1.165, 1.54) is 37.8 Å². The molecular weight excluding hydrogens is 158 g/mol. The number of hydrogen-bond donors (Lipinski definition) is 1. The summed E-state index contributed by atoms with van der Waals surface area (Å²) in [5.41, 5.74) is 2.47. The van der Waals surface area contributed by atoms with Crippen LogP contribution in [0.15, 0.2) is 18.7 Å². The zero-order chi connectivity index (χ0) is 9.52. The Kier molecular flexibility index (Phi) is 4.37. The fourth-order valence-corrected chi connectivity index (χ4v) is 1.47. The van der Waals surface area contributed by atoms with Crippen molar-refractivity contribution in [1.82, 2.24) is 4.98 Å². The summed E-state index contributed by atoms with van der Waals surface area (Å²) in [6.45, 7) is 5.96. The molecule has 0 fully saturated rings. The van der Waals surface area contributed by atoms with Crippen molar-refractivity contribution in [3.05, 3.63) is 30.1 Å². The van der Waals surface area contributed by atoms with E-state index < -0.39 is 0 Å². The maximum absolute atomic E-state index is 3.72. The molecule has 0 radical (unpaired) electrons. The highest BCUT2D eigenvalue weighted by molar-refractivity contribution is 5.42. The molecule has 0 spiro atoms. The topological polar surface area (TPSA) is 15.8 Å². The van der Waals surface area contributed by atoms with Crippen LogP contribution in [0.4, 0.5) is 0 Å². The molecule has 0 atom stereocenters. The van der Waals surface area contributed by atoms with Gasteiger partial charge in [0.2, 0.25) is 0 Å². The Bertz CT molecular complexity index is 247. The summed E-state index contributed by atoms with van der Waals surface area (Å²) >= 11 is 0. The van der Waals surface area contributed by atoms with Crippen molar-refractivity contribution >= 4 is 6.08 Å². The van der Waals surface area contributed by atoms with Gasteiger partial charge in [0, 0.05) is 11.4 Å². The van der Waals surface area contributed by atoms with E-state index in [1.807, 2.05) is 6.08 Å². The van der Waals surface area contributed by atoms with Gasteiger partial charge in [-0.05, 0) is 31.1 Å². The first-order valence-corrected chi connectivity index (χ1v) is 5.17. The highest BCUT2D eigenvalue weighted by Crippen LogP contribution is 2.08. The molecule has 13 heavy (non-hydrogen) atoms. The Labute approximate surface area is 80.9 Å². The molecule has 1 nitrogen and oxygen atoms in total. The van der Waals surface area contributed by atoms with E-state index in [0.29, 0.717) is 0 Å². The van der Waals surface area contributed by atoms with Gasteiger partial charge in [0.05, 0.1) is 0 Å². The fourth-order valence-electron chi connectivity index (χ4n) is 1.47. The average Bonchev–Trinajstić information content (AvgIpc) is 2.60. The number of aryl methyl sites for hydroxylation is 1. The first-order valence-electron chi connectivity index (χ1n) is 5.17. The van der Waals surface area contributed by atoms with Crippen LogP contribution in [0.25, 0.3) is 6.08 Å². The largest absolute Gasteiger partial charge is 0.359 e. The third kappa shape index (κ3) is 3.49. The maximum Gasteiger partial charge on any atom is 0.0376 e. The van der Waals surface area contributed by atoms with Crippen molar-refractivity contribution in [2.45, 2.75) is 39.0 Å². The lowest BCUT2D eigenvalue weighted by Gasteiger charge is -1.97. The van der Waals surface area contributed by atoms with Gasteiger partial charge in [0.25, 0.3) is 0 Å². The SMILES string of the molecule is C=Cc1ccc(CCCCCC)[nH]1. The van der Waals surface area contributed by atoms with Gasteiger partial charge in [0.1, 0.15) is 0 Å². The molecule has 1 heterocycles. The van der Waals surface area contributed by atoms with E-state index in [-0.39, 0.29) is 0 Å². The van der Waals surface area contributed by atoms with Gasteiger partial charge < -0.3 is 4.98 Å². The Morgan fingerprint density at radius 2 is 2.15 bits per heavy atom. The van der Waals surface area contributed by atoms with E-state index >= 15 is 0 Å². The molecule has 72 valence electrons. The summed E-state index contributed by atoms with van der Waals surface area (Å²) in [6.07, 6.45) is 8.34. The van der Waals surface area contributed by atoms with Crippen LogP contribution in [0, 0.1) is 0 Å². The minimum atomic E-state index is 1.13. The minimum absolute atomic E-state index is 1.13. The third-order valence-electron chi connectivity index (χ3n) is 2.29. The van der Waals surface area contributed by atoms with E-state index in [9.17, 15) is 0 Å². The maximum atomic E-state index is 3.72. The first kappa shape index (κ1) is 10.1. The molecule has 0 aromatic carbocycles. The van der Waals surface area contributed by atoms with Gasteiger partial charge >= 0.3 is 0 Å². The molecule has 1 rings (SSSR count). The minimum Gasteiger partial charge on any atom is -0.359 e. The fraction of sp³-hybridized carbons (Fsp3) is 0.500. The predicted molar refractivity (Wildman–Crippen MR) is 58.7 cm³/mol. The summed E-state index contributed by atoms with van der Waals surface area (Å²) in [5, 5.41) is 0. The Morgan fingerprint density at radius 3 is 2.77 bits per heavy atom. The molecule has 0 aliphatic carbocycles. The van der Waals surface area contributed by atoms with Crippen molar-refractivity contribution in [1.29, 1.82) is 0 Å². The molecule has 0 aliphatic heterocycles. The van der Waals surface area contributed by atoms with Crippen LogP contribution in [0.1, 0.15) is 44.0 Å². The van der Waals surface area contributed by atoms with Gasteiger partial charge in [-0.1, -0.05) is 32.8 Å². The highest BCUT2D eigenvalue weighted by atomic mass is 14.7. The summed E-state index contributed by atoms with van der Waals surface area (Å²) < 4.78 is 0. The molecule has 0 aliphatic rings. The summed E-state index contributed by atoms with van der Waals surface area (Å²) in [4.78, 5) is 3.32. The Hall–Kier alpha value is -0.980. The van der Waals surface area contributed by atoms with Gasteiger partial charge in [-0.2, -0.15) is 0 Å². The molecular formula is C12H19N. The predicted octanol–water partition coefficient (Wildman–Crippen LogP) is 3.78. The van der Waals surface area contributed by atoms with Crippen LogP contribution in [0.3, 0.4) is 0 Å². The Balaban J connectivity index is 2.24. The molecule has 0 bridgehead atoms. The van der Waals surface area contributed by atoms with E-state index in [2.05, 4.69) is 30.6 Å². The first-order chi connectivity index (χ1) is 6.36. The lowest BCUT2D eigenvalue weighted by molar-refractivity contribution is 0.662. The van der Waals surface area contributed by atoms with Crippen LogP contribution in [0.2, 0.25) is 0 Å². The Morgan fingerprint density at radius 1 is 1.31 bits per heavy atom. The van der Waals surface area contributed by atoms with Crippen molar-refractivity contribution in [3.8, 4) is 0 Å². The number of unbranched alkanes of at least 4 members (excludes halogenated alkanes) is 3.